The van der Waals surface area contributed by atoms with E-state index in [9.17, 15) is 4.79 Å². The van der Waals surface area contributed by atoms with Crippen molar-refractivity contribution >= 4 is 19.4 Å². The van der Waals surface area contributed by atoms with E-state index in [2.05, 4.69) is 19.9 Å². The van der Waals surface area contributed by atoms with Gasteiger partial charge in [0.15, 0.2) is 0 Å². The first-order valence-electron chi connectivity index (χ1n) is 7.33. The standard InChI is InChI=1S/C19H22O2P.Li/c1-11-9-13(3)18(15(5)14(11)4)19(20)22-17-8-7-16(21-6)10-12(17)2;/h7-10H,1-6H3;/q-1;+1. The van der Waals surface area contributed by atoms with Gasteiger partial charge < -0.3 is 18.1 Å². The Labute approximate surface area is 153 Å². The van der Waals surface area contributed by atoms with Crippen LogP contribution >= 0.6 is 8.58 Å². The van der Waals surface area contributed by atoms with Gasteiger partial charge in [0, 0.05) is 5.52 Å². The van der Waals surface area contributed by atoms with Gasteiger partial charge in [-0.3, -0.25) is 0 Å². The van der Waals surface area contributed by atoms with Gasteiger partial charge in [-0.05, 0) is 74.6 Å². The summed E-state index contributed by atoms with van der Waals surface area (Å²) in [6.45, 7) is 10.2. The van der Waals surface area contributed by atoms with Crippen molar-refractivity contribution in [2.75, 3.05) is 7.11 Å². The minimum Gasteiger partial charge on any atom is -0.497 e. The van der Waals surface area contributed by atoms with E-state index in [1.807, 2.05) is 39.0 Å². The molecule has 0 heterocycles. The van der Waals surface area contributed by atoms with Crippen molar-refractivity contribution in [3.8, 4) is 5.75 Å². The second-order valence-electron chi connectivity index (χ2n) is 5.70. The molecule has 0 spiro atoms. The average molecular weight is 320 g/mol. The van der Waals surface area contributed by atoms with Crippen molar-refractivity contribution in [2.24, 2.45) is 0 Å². The third-order valence-corrected chi connectivity index (χ3v) is 5.37. The van der Waals surface area contributed by atoms with Crippen molar-refractivity contribution in [1.82, 2.24) is 0 Å². The van der Waals surface area contributed by atoms with E-state index in [0.717, 1.165) is 41.9 Å². The summed E-state index contributed by atoms with van der Waals surface area (Å²) < 4.78 is 5.22. The predicted molar refractivity (Wildman–Crippen MR) is 94.0 cm³/mol. The number of rotatable bonds is 4. The van der Waals surface area contributed by atoms with Crippen molar-refractivity contribution in [2.45, 2.75) is 34.6 Å². The molecule has 0 aliphatic carbocycles. The molecule has 2 nitrogen and oxygen atoms in total. The van der Waals surface area contributed by atoms with Gasteiger partial charge in [0.1, 0.15) is 5.75 Å². The minimum absolute atomic E-state index is 0. The molecule has 0 fully saturated rings. The fraction of sp³-hybridized carbons (Fsp3) is 0.316. The Morgan fingerprint density at radius 2 is 1.57 bits per heavy atom. The van der Waals surface area contributed by atoms with Crippen LogP contribution in [0.25, 0.3) is 0 Å². The fourth-order valence-electron chi connectivity index (χ4n) is 2.66. The van der Waals surface area contributed by atoms with Gasteiger partial charge in [0.25, 0.3) is 0 Å². The van der Waals surface area contributed by atoms with E-state index in [-0.39, 0.29) is 24.4 Å². The maximum absolute atomic E-state index is 12.8. The van der Waals surface area contributed by atoms with Crippen LogP contribution in [0, 0.1) is 34.6 Å². The van der Waals surface area contributed by atoms with Crippen LogP contribution in [0.15, 0.2) is 24.3 Å². The number of methoxy groups -OCH3 is 1. The molecule has 0 aliphatic rings. The summed E-state index contributed by atoms with van der Waals surface area (Å²) in [6.07, 6.45) is 0. The van der Waals surface area contributed by atoms with Gasteiger partial charge in [-0.15, -0.1) is 0 Å². The topological polar surface area (TPSA) is 26.3 Å². The molecule has 2 aromatic rings. The molecule has 0 atom stereocenters. The van der Waals surface area contributed by atoms with Crippen molar-refractivity contribution in [3.05, 3.63) is 57.6 Å². The number of carbonyl (C=O) groups excluding carboxylic acids is 1. The minimum atomic E-state index is 0. The third kappa shape index (κ3) is 4.27. The SMILES string of the molecule is COc1ccc([P-]C(=O)c2c(C)cc(C)c(C)c2C)c(C)c1.[Li+]. The molecule has 23 heavy (non-hydrogen) atoms. The van der Waals surface area contributed by atoms with Gasteiger partial charge in [0.2, 0.25) is 0 Å². The van der Waals surface area contributed by atoms with Gasteiger partial charge in [-0.1, -0.05) is 17.7 Å². The Kier molecular flexibility index (Phi) is 7.09. The molecule has 0 radical (unpaired) electrons. The second kappa shape index (κ2) is 8.16. The summed E-state index contributed by atoms with van der Waals surface area (Å²) in [6, 6.07) is 7.95. The zero-order chi connectivity index (χ0) is 16.4. The molecule has 116 valence electrons. The van der Waals surface area contributed by atoms with Crippen LogP contribution in [0.2, 0.25) is 0 Å². The van der Waals surface area contributed by atoms with Crippen LogP contribution in [-0.4, -0.2) is 12.6 Å². The number of carbonyl (C=O) groups is 1. The Morgan fingerprint density at radius 1 is 0.913 bits per heavy atom. The van der Waals surface area contributed by atoms with E-state index >= 15 is 0 Å². The van der Waals surface area contributed by atoms with Crippen LogP contribution < -0.4 is 28.9 Å². The van der Waals surface area contributed by atoms with E-state index in [1.54, 1.807) is 7.11 Å². The molecule has 0 amide bonds. The van der Waals surface area contributed by atoms with Crippen LogP contribution in [0.4, 0.5) is 0 Å². The summed E-state index contributed by atoms with van der Waals surface area (Å²) in [5.41, 5.74) is 6.70. The molecule has 4 heteroatoms. The zero-order valence-corrected chi connectivity index (χ0v) is 16.0. The maximum Gasteiger partial charge on any atom is 1.00 e. The molecule has 0 unspecified atom stereocenters. The monoisotopic (exact) mass is 320 g/mol. The largest absolute Gasteiger partial charge is 1.00 e. The van der Waals surface area contributed by atoms with Crippen molar-refractivity contribution in [1.29, 1.82) is 0 Å². The van der Waals surface area contributed by atoms with E-state index < -0.39 is 0 Å². The smallest absolute Gasteiger partial charge is 0.497 e. The van der Waals surface area contributed by atoms with Gasteiger partial charge >= 0.3 is 18.9 Å². The Hall–Kier alpha value is -1.06. The Bertz CT molecular complexity index is 739. The number of aryl methyl sites for hydroxylation is 3. The summed E-state index contributed by atoms with van der Waals surface area (Å²) in [5, 5.41) is 1.03. The first-order valence-corrected chi connectivity index (χ1v) is 8.22. The zero-order valence-electron chi connectivity index (χ0n) is 15.1. The Morgan fingerprint density at radius 3 is 2.13 bits per heavy atom. The summed E-state index contributed by atoms with van der Waals surface area (Å²) in [7, 11) is 2.37. The first-order chi connectivity index (χ1) is 10.3. The van der Waals surface area contributed by atoms with Gasteiger partial charge in [0.05, 0.1) is 7.11 Å². The number of hydrogen-bond acceptors (Lipinski definition) is 2. The van der Waals surface area contributed by atoms with Crippen LogP contribution in [0.3, 0.4) is 0 Å². The molecular formula is C19H22LiO2P. The number of benzene rings is 2. The molecule has 0 N–H and O–H groups in total. The van der Waals surface area contributed by atoms with Crippen molar-refractivity contribution in [3.63, 3.8) is 0 Å². The Balaban J connectivity index is 0.00000264. The fourth-order valence-corrected chi connectivity index (χ4v) is 3.72. The average Bonchev–Trinajstić information content (AvgIpc) is 2.47. The summed E-state index contributed by atoms with van der Waals surface area (Å²) >= 11 is 0. The van der Waals surface area contributed by atoms with Crippen LogP contribution in [0.1, 0.15) is 38.2 Å². The molecule has 0 aliphatic heterocycles. The van der Waals surface area contributed by atoms with Crippen LogP contribution in [-0.2, 0) is 0 Å². The molecule has 0 bridgehead atoms. The number of ether oxygens (including phenoxy) is 1. The van der Waals surface area contributed by atoms with E-state index in [0.29, 0.717) is 0 Å². The quantitative estimate of drug-likeness (QED) is 0.633. The van der Waals surface area contributed by atoms with Gasteiger partial charge in [-0.2, -0.15) is 5.30 Å². The van der Waals surface area contributed by atoms with Crippen molar-refractivity contribution < 1.29 is 28.4 Å². The second-order valence-corrected chi connectivity index (χ2v) is 6.82. The molecule has 0 saturated carbocycles. The normalized spacial score (nSPS) is 10.7. The van der Waals surface area contributed by atoms with E-state index in [1.165, 1.54) is 11.1 Å². The summed E-state index contributed by atoms with van der Waals surface area (Å²) in [4.78, 5) is 12.8. The molecule has 0 saturated heterocycles. The maximum atomic E-state index is 12.8. The number of hydrogen-bond donors (Lipinski definition) is 0. The third-order valence-electron chi connectivity index (χ3n) is 4.20. The molecule has 2 rings (SSSR count). The summed E-state index contributed by atoms with van der Waals surface area (Å²) in [5.74, 6) is 0.822. The van der Waals surface area contributed by atoms with E-state index in [4.69, 9.17) is 4.74 Å². The molecule has 0 aromatic heterocycles. The first kappa shape index (κ1) is 20.0. The molecular weight excluding hydrogens is 298 g/mol. The van der Waals surface area contributed by atoms with Gasteiger partial charge in [-0.25, -0.2) is 0 Å². The molecule has 2 aromatic carbocycles. The predicted octanol–water partition coefficient (Wildman–Crippen LogP) is 1.65. The van der Waals surface area contributed by atoms with Crippen LogP contribution in [0.5, 0.6) is 5.75 Å².